The minimum Gasteiger partial charge on any atom is -0.394 e. The fourth-order valence-electron chi connectivity index (χ4n) is 3.41. The Hall–Kier alpha value is -1.19. The number of aryl methyl sites for hydroxylation is 1. The van der Waals surface area contributed by atoms with E-state index < -0.39 is 0 Å². The highest BCUT2D eigenvalue weighted by Crippen LogP contribution is 2.31. The van der Waals surface area contributed by atoms with E-state index in [0.29, 0.717) is 5.92 Å². The van der Waals surface area contributed by atoms with Gasteiger partial charge in [-0.05, 0) is 30.6 Å². The van der Waals surface area contributed by atoms with Crippen molar-refractivity contribution in [3.8, 4) is 0 Å². The standard InChI is InChI=1S/C16H30N4/c1-11(2)15-14(17)16(20(4)19-15)18-9-8-13-7-5-6-12(3)10-13/h11-13,18H,5-10,17H2,1-4H3. The summed E-state index contributed by atoms with van der Waals surface area (Å²) in [6, 6.07) is 0. The maximum absolute atomic E-state index is 6.20. The number of aromatic nitrogens is 2. The van der Waals surface area contributed by atoms with E-state index >= 15 is 0 Å². The van der Waals surface area contributed by atoms with Gasteiger partial charge < -0.3 is 11.1 Å². The van der Waals surface area contributed by atoms with Crippen molar-refractivity contribution < 1.29 is 0 Å². The van der Waals surface area contributed by atoms with Crippen LogP contribution in [0.5, 0.6) is 0 Å². The Morgan fingerprint density at radius 1 is 1.40 bits per heavy atom. The lowest BCUT2D eigenvalue weighted by Gasteiger charge is -2.26. The number of rotatable bonds is 5. The van der Waals surface area contributed by atoms with E-state index in [4.69, 9.17) is 5.73 Å². The molecule has 1 aromatic rings. The van der Waals surface area contributed by atoms with Crippen LogP contribution in [0.15, 0.2) is 0 Å². The lowest BCUT2D eigenvalue weighted by atomic mass is 9.81. The summed E-state index contributed by atoms with van der Waals surface area (Å²) in [6.07, 6.45) is 6.84. The van der Waals surface area contributed by atoms with Crippen molar-refractivity contribution in [2.75, 3.05) is 17.6 Å². The highest BCUT2D eigenvalue weighted by molar-refractivity contribution is 5.65. The van der Waals surface area contributed by atoms with E-state index in [0.717, 1.165) is 35.6 Å². The van der Waals surface area contributed by atoms with Crippen LogP contribution < -0.4 is 11.1 Å². The molecular formula is C16H30N4. The normalized spacial score (nSPS) is 23.2. The van der Waals surface area contributed by atoms with Crippen molar-refractivity contribution in [1.82, 2.24) is 9.78 Å². The molecule has 1 aliphatic rings. The van der Waals surface area contributed by atoms with Crippen LogP contribution in [0, 0.1) is 11.8 Å². The number of anilines is 2. The number of nitrogens with zero attached hydrogens (tertiary/aromatic N) is 2. The first-order chi connectivity index (χ1) is 9.49. The summed E-state index contributed by atoms with van der Waals surface area (Å²) in [6.45, 7) is 7.64. The predicted octanol–water partition coefficient (Wildman–Crippen LogP) is 3.75. The SMILES string of the molecule is CC1CCCC(CCNc2c(N)c(C(C)C)nn2C)C1. The zero-order valence-electron chi connectivity index (χ0n) is 13.4. The van der Waals surface area contributed by atoms with Crippen LogP contribution in [-0.2, 0) is 7.05 Å². The third-order valence-electron chi connectivity index (χ3n) is 4.55. The molecule has 2 unspecified atom stereocenters. The highest BCUT2D eigenvalue weighted by Gasteiger charge is 2.19. The van der Waals surface area contributed by atoms with Crippen LogP contribution in [0.25, 0.3) is 0 Å². The number of hydrogen-bond acceptors (Lipinski definition) is 3. The van der Waals surface area contributed by atoms with Crippen LogP contribution in [0.3, 0.4) is 0 Å². The van der Waals surface area contributed by atoms with Gasteiger partial charge in [0.05, 0.1) is 11.4 Å². The quantitative estimate of drug-likeness (QED) is 0.862. The molecule has 2 rings (SSSR count). The third-order valence-corrected chi connectivity index (χ3v) is 4.55. The van der Waals surface area contributed by atoms with Gasteiger partial charge >= 0.3 is 0 Å². The Balaban J connectivity index is 1.88. The summed E-state index contributed by atoms with van der Waals surface area (Å²) >= 11 is 0. The van der Waals surface area contributed by atoms with Gasteiger partial charge in [-0.3, -0.25) is 4.68 Å². The van der Waals surface area contributed by atoms with Crippen molar-refractivity contribution in [2.24, 2.45) is 18.9 Å². The Morgan fingerprint density at radius 3 is 2.75 bits per heavy atom. The molecule has 114 valence electrons. The fourth-order valence-corrected chi connectivity index (χ4v) is 3.41. The van der Waals surface area contributed by atoms with Gasteiger partial charge in [-0.25, -0.2) is 0 Å². The maximum Gasteiger partial charge on any atom is 0.147 e. The molecule has 4 nitrogen and oxygen atoms in total. The second-order valence-electron chi connectivity index (χ2n) is 6.78. The molecule has 0 radical (unpaired) electrons. The lowest BCUT2D eigenvalue weighted by molar-refractivity contribution is 0.274. The van der Waals surface area contributed by atoms with Gasteiger partial charge in [0.15, 0.2) is 0 Å². The van der Waals surface area contributed by atoms with Crippen LogP contribution >= 0.6 is 0 Å². The zero-order chi connectivity index (χ0) is 14.7. The summed E-state index contributed by atoms with van der Waals surface area (Å²) < 4.78 is 1.88. The summed E-state index contributed by atoms with van der Waals surface area (Å²) in [5.41, 5.74) is 8.02. The lowest BCUT2D eigenvalue weighted by Crippen LogP contribution is -2.17. The molecule has 1 saturated carbocycles. The van der Waals surface area contributed by atoms with E-state index in [1.165, 1.54) is 32.1 Å². The molecule has 0 spiro atoms. The molecule has 0 amide bonds. The molecule has 3 N–H and O–H groups in total. The van der Waals surface area contributed by atoms with Crippen molar-refractivity contribution in [2.45, 2.75) is 58.8 Å². The molecular weight excluding hydrogens is 248 g/mol. The Labute approximate surface area is 123 Å². The first-order valence-corrected chi connectivity index (χ1v) is 8.05. The van der Waals surface area contributed by atoms with E-state index in [2.05, 4.69) is 31.2 Å². The smallest absolute Gasteiger partial charge is 0.147 e. The van der Waals surface area contributed by atoms with E-state index in [-0.39, 0.29) is 0 Å². The van der Waals surface area contributed by atoms with Crippen LogP contribution in [0.4, 0.5) is 11.5 Å². The third kappa shape index (κ3) is 3.47. The first kappa shape index (κ1) is 15.2. The number of nitrogens with two attached hydrogens (primary N) is 1. The van der Waals surface area contributed by atoms with Gasteiger partial charge in [-0.2, -0.15) is 5.10 Å². The second kappa shape index (κ2) is 6.51. The summed E-state index contributed by atoms with van der Waals surface area (Å²) in [7, 11) is 1.97. The molecule has 1 heterocycles. The fraction of sp³-hybridized carbons (Fsp3) is 0.812. The molecule has 1 aliphatic carbocycles. The minimum absolute atomic E-state index is 0.371. The van der Waals surface area contributed by atoms with Crippen molar-refractivity contribution >= 4 is 11.5 Å². The van der Waals surface area contributed by atoms with E-state index in [1.54, 1.807) is 0 Å². The molecule has 4 heteroatoms. The molecule has 0 aromatic carbocycles. The first-order valence-electron chi connectivity index (χ1n) is 8.05. The molecule has 0 saturated heterocycles. The average molecular weight is 278 g/mol. The van der Waals surface area contributed by atoms with Gasteiger partial charge in [0, 0.05) is 13.6 Å². The number of nitrogen functional groups attached to an aromatic ring is 1. The van der Waals surface area contributed by atoms with Gasteiger partial charge in [0.2, 0.25) is 0 Å². The van der Waals surface area contributed by atoms with E-state index in [9.17, 15) is 0 Å². The number of hydrogen-bond donors (Lipinski definition) is 2. The minimum atomic E-state index is 0.371. The molecule has 0 aliphatic heterocycles. The topological polar surface area (TPSA) is 55.9 Å². The Morgan fingerprint density at radius 2 is 2.15 bits per heavy atom. The van der Waals surface area contributed by atoms with Gasteiger partial charge in [-0.1, -0.05) is 40.0 Å². The summed E-state index contributed by atoms with van der Waals surface area (Å²) in [5.74, 6) is 3.14. The van der Waals surface area contributed by atoms with Gasteiger partial charge in [0.1, 0.15) is 5.82 Å². The van der Waals surface area contributed by atoms with Crippen LogP contribution in [0.1, 0.15) is 64.5 Å². The highest BCUT2D eigenvalue weighted by atomic mass is 15.3. The average Bonchev–Trinajstić information content (AvgIpc) is 2.67. The summed E-state index contributed by atoms with van der Waals surface area (Å²) in [5, 5.41) is 8.01. The summed E-state index contributed by atoms with van der Waals surface area (Å²) in [4.78, 5) is 0. The van der Waals surface area contributed by atoms with Crippen LogP contribution in [0.2, 0.25) is 0 Å². The predicted molar refractivity (Wildman–Crippen MR) is 85.9 cm³/mol. The maximum atomic E-state index is 6.20. The molecule has 2 atom stereocenters. The van der Waals surface area contributed by atoms with Gasteiger partial charge in [0.25, 0.3) is 0 Å². The van der Waals surface area contributed by atoms with Gasteiger partial charge in [-0.15, -0.1) is 0 Å². The van der Waals surface area contributed by atoms with Crippen LogP contribution in [-0.4, -0.2) is 16.3 Å². The zero-order valence-corrected chi connectivity index (χ0v) is 13.4. The van der Waals surface area contributed by atoms with Crippen molar-refractivity contribution in [1.29, 1.82) is 0 Å². The molecule has 1 fully saturated rings. The second-order valence-corrected chi connectivity index (χ2v) is 6.78. The molecule has 20 heavy (non-hydrogen) atoms. The Kier molecular flexibility index (Phi) is 4.95. The van der Waals surface area contributed by atoms with Crippen molar-refractivity contribution in [3.05, 3.63) is 5.69 Å². The largest absolute Gasteiger partial charge is 0.394 e. The van der Waals surface area contributed by atoms with Crippen molar-refractivity contribution in [3.63, 3.8) is 0 Å². The monoisotopic (exact) mass is 278 g/mol. The molecule has 1 aromatic heterocycles. The Bertz CT molecular complexity index is 436. The molecule has 0 bridgehead atoms. The van der Waals surface area contributed by atoms with E-state index in [1.807, 2.05) is 11.7 Å². The number of nitrogens with one attached hydrogen (secondary N) is 1.